The van der Waals surface area contributed by atoms with Gasteiger partial charge in [-0.1, -0.05) is 135 Å². The molecule has 0 amide bonds. The fourth-order valence-corrected chi connectivity index (χ4v) is 9.09. The summed E-state index contributed by atoms with van der Waals surface area (Å²) in [6, 6.07) is 47.1. The van der Waals surface area contributed by atoms with Crippen LogP contribution in [0.2, 0.25) is 0 Å². The van der Waals surface area contributed by atoms with E-state index in [0.29, 0.717) is 5.84 Å². The number of fused-ring (bicyclic) bond motifs is 10. The summed E-state index contributed by atoms with van der Waals surface area (Å²) >= 11 is 0. The number of nitrogens with one attached hydrogen (secondary N) is 1. The lowest BCUT2D eigenvalue weighted by atomic mass is 9.82. The number of benzene rings is 6. The number of allylic oxidation sites excluding steroid dienone is 1. The van der Waals surface area contributed by atoms with E-state index in [4.69, 9.17) is 14.4 Å². The Hall–Kier alpha value is -6.46. The van der Waals surface area contributed by atoms with Gasteiger partial charge in [0.1, 0.15) is 17.6 Å². The standard InChI is InChI=1S/C48H36N4O/c1-48(2)35-23-11-9-19-31(35)42-36(48)27-28-38-43(42)32-20-10-12-24-37(32)52(38)39-25-13-21-33-41-34(22-14-26-40(41)53-44(33)39)47-50-45(29-15-5-3-6-16-29)49-46(51-47)30-17-7-4-8-18-30/h3-9,11-19,21-28,45H,10,20H2,1-2H3,(H,49,50,51). The SMILES string of the molecule is CC1(C)c2ccccc2-c2c1ccc1c2c2c(n1-c1cccc3c1oc1cccc(C4=NC(c5ccccc5)NC(c5ccccc5)=N4)c13)C=CCC2. The van der Waals surface area contributed by atoms with Crippen LogP contribution in [0.3, 0.4) is 0 Å². The second-order valence-corrected chi connectivity index (χ2v) is 14.9. The van der Waals surface area contributed by atoms with Gasteiger partial charge in [0.15, 0.2) is 11.4 Å². The molecule has 0 saturated heterocycles. The number of hydrogen-bond donors (Lipinski definition) is 1. The largest absolute Gasteiger partial charge is 0.454 e. The predicted octanol–water partition coefficient (Wildman–Crippen LogP) is 11.3. The molecule has 1 unspecified atom stereocenters. The zero-order chi connectivity index (χ0) is 35.3. The van der Waals surface area contributed by atoms with E-state index in [-0.39, 0.29) is 11.6 Å². The van der Waals surface area contributed by atoms with Crippen molar-refractivity contribution in [3.05, 3.63) is 179 Å². The Morgan fingerprint density at radius 3 is 2.38 bits per heavy atom. The summed E-state index contributed by atoms with van der Waals surface area (Å²) in [5.41, 5.74) is 15.1. The second-order valence-electron chi connectivity index (χ2n) is 14.9. The molecule has 0 spiro atoms. The van der Waals surface area contributed by atoms with Gasteiger partial charge in [-0.2, -0.15) is 0 Å². The van der Waals surface area contributed by atoms with E-state index < -0.39 is 0 Å². The van der Waals surface area contributed by atoms with Crippen molar-refractivity contribution in [3.8, 4) is 16.8 Å². The summed E-state index contributed by atoms with van der Waals surface area (Å²) in [4.78, 5) is 10.4. The van der Waals surface area contributed by atoms with Gasteiger partial charge in [-0.15, -0.1) is 0 Å². The van der Waals surface area contributed by atoms with Crippen LogP contribution in [0.1, 0.15) is 65.5 Å². The van der Waals surface area contributed by atoms with Crippen LogP contribution in [-0.4, -0.2) is 16.2 Å². The molecule has 3 heterocycles. The van der Waals surface area contributed by atoms with Crippen LogP contribution >= 0.6 is 0 Å². The van der Waals surface area contributed by atoms with Crippen LogP contribution in [-0.2, 0) is 11.8 Å². The van der Waals surface area contributed by atoms with Gasteiger partial charge < -0.3 is 14.3 Å². The molecule has 1 aliphatic heterocycles. The number of aryl methyl sites for hydroxylation is 1. The number of nitrogens with zero attached hydrogens (tertiary/aromatic N) is 3. The van der Waals surface area contributed by atoms with Crippen LogP contribution in [0.25, 0.3) is 55.7 Å². The third kappa shape index (κ3) is 4.37. The predicted molar refractivity (Wildman–Crippen MR) is 217 cm³/mol. The normalized spacial score (nSPS) is 17.0. The third-order valence-corrected chi connectivity index (χ3v) is 11.5. The molecule has 0 radical (unpaired) electrons. The molecule has 1 atom stereocenters. The molecule has 0 bridgehead atoms. The highest BCUT2D eigenvalue weighted by Crippen LogP contribution is 2.53. The van der Waals surface area contributed by atoms with Crippen LogP contribution in [0.4, 0.5) is 0 Å². The van der Waals surface area contributed by atoms with Crippen molar-refractivity contribution < 1.29 is 4.42 Å². The number of amidine groups is 2. The van der Waals surface area contributed by atoms with Crippen LogP contribution < -0.4 is 5.32 Å². The van der Waals surface area contributed by atoms with Gasteiger partial charge in [-0.25, -0.2) is 9.98 Å². The van der Waals surface area contributed by atoms with E-state index in [1.165, 1.54) is 44.4 Å². The Bertz CT molecular complexity index is 2890. The molecule has 3 aliphatic rings. The summed E-state index contributed by atoms with van der Waals surface area (Å²) in [6.07, 6.45) is 6.38. The molecule has 11 rings (SSSR count). The van der Waals surface area contributed by atoms with Gasteiger partial charge in [0.05, 0.1) is 11.2 Å². The van der Waals surface area contributed by atoms with Crippen molar-refractivity contribution in [2.75, 3.05) is 0 Å². The quantitative estimate of drug-likeness (QED) is 0.201. The highest BCUT2D eigenvalue weighted by molar-refractivity contribution is 6.22. The van der Waals surface area contributed by atoms with Crippen LogP contribution in [0.15, 0.2) is 154 Å². The van der Waals surface area contributed by atoms with Gasteiger partial charge in [0.25, 0.3) is 0 Å². The molecule has 6 aromatic carbocycles. The Balaban J connectivity index is 1.15. The van der Waals surface area contributed by atoms with Crippen LogP contribution in [0, 0.1) is 0 Å². The summed E-state index contributed by atoms with van der Waals surface area (Å²) in [7, 11) is 0. The van der Waals surface area contributed by atoms with E-state index in [9.17, 15) is 0 Å². The minimum atomic E-state index is -0.288. The maximum Gasteiger partial charge on any atom is 0.160 e. The first-order valence-electron chi connectivity index (χ1n) is 18.5. The van der Waals surface area contributed by atoms with Crippen molar-refractivity contribution in [2.24, 2.45) is 9.98 Å². The van der Waals surface area contributed by atoms with E-state index >= 15 is 0 Å². The minimum absolute atomic E-state index is 0.0610. The van der Waals surface area contributed by atoms with Gasteiger partial charge in [0, 0.05) is 38.4 Å². The van der Waals surface area contributed by atoms with E-state index in [1.54, 1.807) is 0 Å². The first-order chi connectivity index (χ1) is 26.1. The second kappa shape index (κ2) is 11.3. The first kappa shape index (κ1) is 30.2. The lowest BCUT2D eigenvalue weighted by Crippen LogP contribution is -2.33. The number of para-hydroxylation sites is 1. The fraction of sp³-hybridized carbons (Fsp3) is 0.125. The lowest BCUT2D eigenvalue weighted by molar-refractivity contribution is 0.660. The number of rotatable bonds is 4. The van der Waals surface area contributed by atoms with Crippen molar-refractivity contribution >= 4 is 50.6 Å². The van der Waals surface area contributed by atoms with E-state index in [2.05, 4.69) is 145 Å². The molecule has 2 aromatic heterocycles. The molecular formula is C48H36N4O. The van der Waals surface area contributed by atoms with Crippen molar-refractivity contribution in [3.63, 3.8) is 0 Å². The van der Waals surface area contributed by atoms with Crippen LogP contribution in [0.5, 0.6) is 0 Å². The number of aromatic nitrogens is 1. The Labute approximate surface area is 307 Å². The monoisotopic (exact) mass is 684 g/mol. The molecule has 5 nitrogen and oxygen atoms in total. The topological polar surface area (TPSA) is 54.8 Å². The smallest absolute Gasteiger partial charge is 0.160 e. The van der Waals surface area contributed by atoms with Gasteiger partial charge in [0.2, 0.25) is 0 Å². The molecule has 254 valence electrons. The highest BCUT2D eigenvalue weighted by Gasteiger charge is 2.38. The molecule has 53 heavy (non-hydrogen) atoms. The summed E-state index contributed by atoms with van der Waals surface area (Å²) in [5.74, 6) is 1.48. The van der Waals surface area contributed by atoms with E-state index in [1.807, 2.05) is 24.3 Å². The highest BCUT2D eigenvalue weighted by atomic mass is 16.3. The maximum atomic E-state index is 6.92. The van der Waals surface area contributed by atoms with E-state index in [0.717, 1.165) is 63.0 Å². The van der Waals surface area contributed by atoms with Crippen molar-refractivity contribution in [2.45, 2.75) is 38.3 Å². The Kier molecular flexibility index (Phi) is 6.42. The fourth-order valence-electron chi connectivity index (χ4n) is 9.09. The average Bonchev–Trinajstić information content (AvgIpc) is 3.84. The number of furan rings is 1. The number of aliphatic imine (C=N–C) groups is 2. The number of hydrogen-bond acceptors (Lipinski definition) is 4. The molecule has 1 N–H and O–H groups in total. The average molecular weight is 685 g/mol. The minimum Gasteiger partial charge on any atom is -0.454 e. The first-order valence-corrected chi connectivity index (χ1v) is 18.5. The third-order valence-electron chi connectivity index (χ3n) is 11.5. The van der Waals surface area contributed by atoms with Gasteiger partial charge in [-0.3, -0.25) is 0 Å². The van der Waals surface area contributed by atoms with Gasteiger partial charge >= 0.3 is 0 Å². The maximum absolute atomic E-state index is 6.92. The lowest BCUT2D eigenvalue weighted by Gasteiger charge is -2.23. The van der Waals surface area contributed by atoms with Gasteiger partial charge in [-0.05, 0) is 70.5 Å². The molecule has 5 heteroatoms. The Morgan fingerprint density at radius 1 is 0.736 bits per heavy atom. The molecule has 0 saturated carbocycles. The Morgan fingerprint density at radius 2 is 1.51 bits per heavy atom. The summed E-state index contributed by atoms with van der Waals surface area (Å²) in [6.45, 7) is 4.72. The molecule has 2 aliphatic carbocycles. The molecule has 0 fully saturated rings. The molecule has 8 aromatic rings. The summed E-state index contributed by atoms with van der Waals surface area (Å²) in [5, 5.41) is 7.03. The van der Waals surface area contributed by atoms with Crippen molar-refractivity contribution in [1.29, 1.82) is 0 Å². The molecular weight excluding hydrogens is 649 g/mol. The summed E-state index contributed by atoms with van der Waals surface area (Å²) < 4.78 is 9.36. The van der Waals surface area contributed by atoms with Crippen molar-refractivity contribution in [1.82, 2.24) is 9.88 Å². The zero-order valence-electron chi connectivity index (χ0n) is 29.6. The zero-order valence-corrected chi connectivity index (χ0v) is 29.6.